The second kappa shape index (κ2) is 7.04. The van der Waals surface area contributed by atoms with Gasteiger partial charge in [0.05, 0.1) is 6.54 Å². The molecule has 110 valence electrons. The predicted molar refractivity (Wildman–Crippen MR) is 88.2 cm³/mol. The van der Waals surface area contributed by atoms with Gasteiger partial charge in [0, 0.05) is 18.7 Å². The highest BCUT2D eigenvalue weighted by atomic mass is 16.2. The van der Waals surface area contributed by atoms with Crippen molar-refractivity contribution in [1.29, 1.82) is 0 Å². The topological polar surface area (TPSA) is 46.3 Å². The zero-order valence-corrected chi connectivity index (χ0v) is 12.3. The Bertz CT molecular complexity index is 587. The van der Waals surface area contributed by atoms with Crippen LogP contribution in [0.4, 0.5) is 5.69 Å². The van der Waals surface area contributed by atoms with E-state index < -0.39 is 0 Å². The van der Waals surface area contributed by atoms with Crippen LogP contribution in [0.5, 0.6) is 0 Å². The van der Waals surface area contributed by atoms with Crippen molar-refractivity contribution in [3.63, 3.8) is 0 Å². The van der Waals surface area contributed by atoms with Crippen LogP contribution in [0.15, 0.2) is 60.7 Å². The maximum absolute atomic E-state index is 12.4. The van der Waals surface area contributed by atoms with Crippen LogP contribution in [0, 0.1) is 0 Å². The van der Waals surface area contributed by atoms with Crippen molar-refractivity contribution in [3.8, 4) is 0 Å². The number of amides is 1. The average Bonchev–Trinajstić information content (AvgIpc) is 2.49. The van der Waals surface area contributed by atoms with Crippen LogP contribution >= 0.6 is 0 Å². The number of benzene rings is 1. The molecule has 0 atom stereocenters. The zero-order chi connectivity index (χ0) is 15.2. The Morgan fingerprint density at radius 2 is 1.90 bits per heavy atom. The van der Waals surface area contributed by atoms with Crippen LogP contribution in [0.25, 0.3) is 0 Å². The summed E-state index contributed by atoms with van der Waals surface area (Å²) in [4.78, 5) is 14.3. The minimum Gasteiger partial charge on any atom is -0.330 e. The Balaban J connectivity index is 2.48. The van der Waals surface area contributed by atoms with Gasteiger partial charge in [-0.3, -0.25) is 4.79 Å². The zero-order valence-electron chi connectivity index (χ0n) is 12.3. The Kier molecular flexibility index (Phi) is 5.12. The molecule has 21 heavy (non-hydrogen) atoms. The van der Waals surface area contributed by atoms with E-state index in [4.69, 9.17) is 5.73 Å². The lowest BCUT2D eigenvalue weighted by molar-refractivity contribution is -0.118. The second-order valence-electron chi connectivity index (χ2n) is 5.11. The summed E-state index contributed by atoms with van der Waals surface area (Å²) in [5.41, 5.74) is 9.94. The minimum absolute atomic E-state index is 0.0506. The Morgan fingerprint density at radius 3 is 2.57 bits per heavy atom. The van der Waals surface area contributed by atoms with Gasteiger partial charge >= 0.3 is 0 Å². The molecule has 1 heterocycles. The van der Waals surface area contributed by atoms with E-state index in [1.54, 1.807) is 0 Å². The number of nitrogens with zero attached hydrogens (tertiary/aromatic N) is 1. The molecule has 1 amide bonds. The number of aryl methyl sites for hydroxylation is 1. The SMILES string of the molecule is C=C/C1=C(\C=C)CN(C(=O)CCN)c2ccccc2CC1. The quantitative estimate of drug-likeness (QED) is 0.923. The molecule has 3 heteroatoms. The number of anilines is 1. The highest BCUT2D eigenvalue weighted by Crippen LogP contribution is 2.29. The molecule has 0 aliphatic carbocycles. The van der Waals surface area contributed by atoms with Crippen LogP contribution in [0.2, 0.25) is 0 Å². The fourth-order valence-electron chi connectivity index (χ4n) is 2.68. The molecule has 0 fully saturated rings. The second-order valence-corrected chi connectivity index (χ2v) is 5.11. The molecule has 0 saturated heterocycles. The molecule has 0 saturated carbocycles. The van der Waals surface area contributed by atoms with Gasteiger partial charge in [-0.25, -0.2) is 0 Å². The summed E-state index contributed by atoms with van der Waals surface area (Å²) >= 11 is 0. The minimum atomic E-state index is 0.0506. The number of nitrogens with two attached hydrogens (primary N) is 1. The molecule has 0 unspecified atom stereocenters. The molecule has 3 nitrogen and oxygen atoms in total. The standard InChI is InChI=1S/C18H22N2O/c1-3-14-9-10-16-7-5-6-8-17(16)20(13-15(14)4-2)18(21)11-12-19/h3-8H,1-2,9-13,19H2/b15-14-. The normalized spacial score (nSPS) is 18.4. The van der Waals surface area contributed by atoms with Crippen molar-refractivity contribution >= 4 is 11.6 Å². The summed E-state index contributed by atoms with van der Waals surface area (Å²) in [6.07, 6.45) is 5.86. The van der Waals surface area contributed by atoms with E-state index >= 15 is 0 Å². The van der Waals surface area contributed by atoms with Crippen LogP contribution in [0.3, 0.4) is 0 Å². The third-order valence-corrected chi connectivity index (χ3v) is 3.84. The molecule has 2 N–H and O–H groups in total. The number of carbonyl (C=O) groups excluding carboxylic acids is 1. The number of carbonyl (C=O) groups is 1. The fraction of sp³-hybridized carbons (Fsp3) is 0.278. The van der Waals surface area contributed by atoms with E-state index in [2.05, 4.69) is 19.2 Å². The lowest BCUT2D eigenvalue weighted by Gasteiger charge is -2.29. The van der Waals surface area contributed by atoms with Crippen LogP contribution in [-0.4, -0.2) is 19.0 Å². The Morgan fingerprint density at radius 1 is 1.19 bits per heavy atom. The van der Waals surface area contributed by atoms with E-state index in [-0.39, 0.29) is 5.91 Å². The molecular weight excluding hydrogens is 260 g/mol. The van der Waals surface area contributed by atoms with Gasteiger partial charge < -0.3 is 10.6 Å². The van der Waals surface area contributed by atoms with Gasteiger partial charge in [-0.15, -0.1) is 0 Å². The van der Waals surface area contributed by atoms with Gasteiger partial charge in [0.1, 0.15) is 0 Å². The van der Waals surface area contributed by atoms with Crippen LogP contribution < -0.4 is 10.6 Å². The van der Waals surface area contributed by atoms with E-state index in [0.29, 0.717) is 19.5 Å². The van der Waals surface area contributed by atoms with Crippen molar-refractivity contribution < 1.29 is 4.79 Å². The van der Waals surface area contributed by atoms with Crippen molar-refractivity contribution in [2.45, 2.75) is 19.3 Å². The molecule has 1 aromatic carbocycles. The van der Waals surface area contributed by atoms with Gasteiger partial charge in [0.2, 0.25) is 5.91 Å². The predicted octanol–water partition coefficient (Wildman–Crippen LogP) is 2.98. The van der Waals surface area contributed by atoms with Crippen molar-refractivity contribution in [2.75, 3.05) is 18.0 Å². The Labute approximate surface area is 126 Å². The third-order valence-electron chi connectivity index (χ3n) is 3.84. The molecule has 0 spiro atoms. The summed E-state index contributed by atoms with van der Waals surface area (Å²) in [5, 5.41) is 0. The first-order valence-corrected chi connectivity index (χ1v) is 7.26. The van der Waals surface area contributed by atoms with Gasteiger partial charge in [0.25, 0.3) is 0 Å². The number of rotatable bonds is 4. The lowest BCUT2D eigenvalue weighted by Crippen LogP contribution is -2.35. The van der Waals surface area contributed by atoms with E-state index in [9.17, 15) is 4.79 Å². The van der Waals surface area contributed by atoms with Crippen LogP contribution in [0.1, 0.15) is 18.4 Å². The molecule has 1 aliphatic rings. The molecule has 0 aromatic heterocycles. The van der Waals surface area contributed by atoms with Crippen LogP contribution in [-0.2, 0) is 11.2 Å². The molecular formula is C18H22N2O. The number of hydrogen-bond donors (Lipinski definition) is 1. The molecule has 1 aliphatic heterocycles. The monoisotopic (exact) mass is 282 g/mol. The fourth-order valence-corrected chi connectivity index (χ4v) is 2.68. The molecule has 2 rings (SSSR count). The van der Waals surface area contributed by atoms with Gasteiger partial charge in [-0.2, -0.15) is 0 Å². The highest BCUT2D eigenvalue weighted by molar-refractivity contribution is 5.95. The van der Waals surface area contributed by atoms with Gasteiger partial charge in [-0.05, 0) is 35.6 Å². The first-order valence-electron chi connectivity index (χ1n) is 7.26. The summed E-state index contributed by atoms with van der Waals surface area (Å²) in [7, 11) is 0. The lowest BCUT2D eigenvalue weighted by atomic mass is 9.95. The largest absolute Gasteiger partial charge is 0.330 e. The third kappa shape index (κ3) is 3.31. The van der Waals surface area contributed by atoms with Gasteiger partial charge in [0.15, 0.2) is 0 Å². The van der Waals surface area contributed by atoms with Crippen molar-refractivity contribution in [3.05, 3.63) is 66.3 Å². The highest BCUT2D eigenvalue weighted by Gasteiger charge is 2.21. The summed E-state index contributed by atoms with van der Waals surface area (Å²) in [6, 6.07) is 8.06. The first kappa shape index (κ1) is 15.3. The number of para-hydroxylation sites is 1. The van der Waals surface area contributed by atoms with Crippen molar-refractivity contribution in [2.24, 2.45) is 5.73 Å². The maximum Gasteiger partial charge on any atom is 0.228 e. The van der Waals surface area contributed by atoms with Crippen molar-refractivity contribution in [1.82, 2.24) is 0 Å². The van der Waals surface area contributed by atoms with Gasteiger partial charge in [-0.1, -0.05) is 43.5 Å². The Hall–Kier alpha value is -2.13. The smallest absolute Gasteiger partial charge is 0.228 e. The first-order chi connectivity index (χ1) is 10.2. The number of hydrogen-bond acceptors (Lipinski definition) is 2. The van der Waals surface area contributed by atoms with E-state index in [1.807, 2.05) is 35.3 Å². The number of allylic oxidation sites excluding steroid dienone is 2. The summed E-state index contributed by atoms with van der Waals surface area (Å²) in [5.74, 6) is 0.0506. The molecule has 0 radical (unpaired) electrons. The average molecular weight is 282 g/mol. The summed E-state index contributed by atoms with van der Waals surface area (Å²) < 4.78 is 0. The number of fused-ring (bicyclic) bond motifs is 1. The summed E-state index contributed by atoms with van der Waals surface area (Å²) in [6.45, 7) is 8.66. The van der Waals surface area contributed by atoms with E-state index in [1.165, 1.54) is 5.56 Å². The van der Waals surface area contributed by atoms with E-state index in [0.717, 1.165) is 29.7 Å². The molecule has 1 aromatic rings. The molecule has 0 bridgehead atoms. The maximum atomic E-state index is 12.4.